The van der Waals surface area contributed by atoms with Gasteiger partial charge in [0, 0.05) is 28.5 Å². The van der Waals surface area contributed by atoms with E-state index >= 15 is 0 Å². The number of ether oxygens (including phenoxy) is 1. The van der Waals surface area contributed by atoms with E-state index in [-0.39, 0.29) is 12.3 Å². The smallest absolute Gasteiger partial charge is 0.231 e. The van der Waals surface area contributed by atoms with Gasteiger partial charge >= 0.3 is 0 Å². The number of hydrogen-bond donors (Lipinski definition) is 1. The molecule has 6 nitrogen and oxygen atoms in total. The average Bonchev–Trinajstić information content (AvgIpc) is 3.24. The maximum Gasteiger partial charge on any atom is 0.231 e. The number of anilines is 1. The third kappa shape index (κ3) is 3.68. The lowest BCUT2D eigenvalue weighted by molar-refractivity contribution is -0.115. The molecule has 1 N–H and O–H groups in total. The molecule has 1 amide bonds. The van der Waals surface area contributed by atoms with Crippen molar-refractivity contribution in [1.82, 2.24) is 14.4 Å². The lowest BCUT2D eigenvalue weighted by Crippen LogP contribution is -2.16. The summed E-state index contributed by atoms with van der Waals surface area (Å²) in [5.41, 5.74) is 3.63. The van der Waals surface area contributed by atoms with E-state index in [1.165, 1.54) is 11.3 Å². The lowest BCUT2D eigenvalue weighted by atomic mass is 10.2. The fourth-order valence-corrected chi connectivity index (χ4v) is 3.69. The van der Waals surface area contributed by atoms with Crippen LogP contribution in [0.15, 0.2) is 54.0 Å². The molecule has 0 spiro atoms. The third-order valence-corrected chi connectivity index (χ3v) is 5.06. The largest absolute Gasteiger partial charge is 0.497 e. The third-order valence-electron chi connectivity index (χ3n) is 4.17. The minimum Gasteiger partial charge on any atom is -0.497 e. The zero-order valence-electron chi connectivity index (χ0n) is 15.0. The quantitative estimate of drug-likeness (QED) is 0.571. The number of imidazole rings is 1. The van der Waals surface area contributed by atoms with Crippen molar-refractivity contribution in [2.45, 2.75) is 13.3 Å². The first kappa shape index (κ1) is 17.2. The minimum absolute atomic E-state index is 0.104. The van der Waals surface area contributed by atoms with Crippen LogP contribution in [-0.2, 0) is 11.2 Å². The summed E-state index contributed by atoms with van der Waals surface area (Å²) >= 11 is 1.52. The van der Waals surface area contributed by atoms with Gasteiger partial charge in [0.05, 0.1) is 19.2 Å². The van der Waals surface area contributed by atoms with Gasteiger partial charge in [-0.05, 0) is 43.3 Å². The summed E-state index contributed by atoms with van der Waals surface area (Å²) in [4.78, 5) is 22.2. The van der Waals surface area contributed by atoms with Crippen LogP contribution in [0.3, 0.4) is 0 Å². The standard InChI is InChI=1S/C20H18N4O2S/c1-13-4-3-5-18(21-13)23-19(25)10-15-12-27-20-22-17(11-24(15)20)14-6-8-16(26-2)9-7-14/h3-9,11-12H,10H2,1-2H3,(H,21,23,25). The van der Waals surface area contributed by atoms with Gasteiger partial charge in [0.1, 0.15) is 11.6 Å². The summed E-state index contributed by atoms with van der Waals surface area (Å²) < 4.78 is 7.16. The number of pyridine rings is 1. The summed E-state index contributed by atoms with van der Waals surface area (Å²) in [5, 5.41) is 4.81. The topological polar surface area (TPSA) is 68.5 Å². The van der Waals surface area contributed by atoms with Gasteiger partial charge in [-0.3, -0.25) is 9.20 Å². The molecule has 0 aliphatic heterocycles. The van der Waals surface area contributed by atoms with Crippen LogP contribution in [0.5, 0.6) is 5.75 Å². The molecule has 0 fully saturated rings. The fourth-order valence-electron chi connectivity index (χ4n) is 2.82. The van der Waals surface area contributed by atoms with E-state index in [1.807, 2.05) is 59.3 Å². The van der Waals surface area contributed by atoms with E-state index in [1.54, 1.807) is 13.2 Å². The number of benzene rings is 1. The highest BCUT2D eigenvalue weighted by atomic mass is 32.1. The number of amides is 1. The Kier molecular flexibility index (Phi) is 4.60. The zero-order valence-corrected chi connectivity index (χ0v) is 15.8. The van der Waals surface area contributed by atoms with Gasteiger partial charge in [-0.2, -0.15) is 0 Å². The Balaban J connectivity index is 1.54. The number of rotatable bonds is 5. The molecule has 27 heavy (non-hydrogen) atoms. The number of nitrogens with one attached hydrogen (secondary N) is 1. The van der Waals surface area contributed by atoms with Crippen LogP contribution >= 0.6 is 11.3 Å². The van der Waals surface area contributed by atoms with Crippen LogP contribution in [0, 0.1) is 6.92 Å². The molecule has 0 aliphatic rings. The van der Waals surface area contributed by atoms with Gasteiger partial charge in [-0.1, -0.05) is 6.07 Å². The Morgan fingerprint density at radius 3 is 2.74 bits per heavy atom. The number of nitrogens with zero attached hydrogens (tertiary/aromatic N) is 3. The number of methoxy groups -OCH3 is 1. The molecular weight excluding hydrogens is 360 g/mol. The Morgan fingerprint density at radius 2 is 2.00 bits per heavy atom. The van der Waals surface area contributed by atoms with Gasteiger partial charge in [-0.25, -0.2) is 9.97 Å². The van der Waals surface area contributed by atoms with E-state index in [0.29, 0.717) is 5.82 Å². The molecule has 4 rings (SSSR count). The maximum atomic E-state index is 12.4. The summed E-state index contributed by atoms with van der Waals surface area (Å²) in [6.07, 6.45) is 2.22. The monoisotopic (exact) mass is 378 g/mol. The van der Waals surface area contributed by atoms with E-state index in [2.05, 4.69) is 15.3 Å². The lowest BCUT2D eigenvalue weighted by Gasteiger charge is -2.04. The predicted molar refractivity (Wildman–Crippen MR) is 106 cm³/mol. The summed E-state index contributed by atoms with van der Waals surface area (Å²) in [6, 6.07) is 13.3. The molecule has 0 unspecified atom stereocenters. The molecule has 0 bridgehead atoms. The van der Waals surface area contributed by atoms with Crippen LogP contribution in [0.1, 0.15) is 11.4 Å². The van der Waals surface area contributed by atoms with Crippen LogP contribution in [0.25, 0.3) is 16.2 Å². The Bertz CT molecular complexity index is 1100. The van der Waals surface area contributed by atoms with E-state index < -0.39 is 0 Å². The molecule has 3 aromatic heterocycles. The Hall–Kier alpha value is -3.19. The molecule has 0 aliphatic carbocycles. The van der Waals surface area contributed by atoms with Crippen molar-refractivity contribution < 1.29 is 9.53 Å². The molecule has 3 heterocycles. The first-order valence-electron chi connectivity index (χ1n) is 8.46. The molecule has 1 aromatic carbocycles. The highest BCUT2D eigenvalue weighted by molar-refractivity contribution is 7.15. The summed E-state index contributed by atoms with van der Waals surface area (Å²) in [6.45, 7) is 1.89. The average molecular weight is 378 g/mol. The van der Waals surface area contributed by atoms with Crippen molar-refractivity contribution in [3.8, 4) is 17.0 Å². The van der Waals surface area contributed by atoms with Crippen molar-refractivity contribution in [3.05, 3.63) is 65.4 Å². The van der Waals surface area contributed by atoms with E-state index in [4.69, 9.17) is 4.74 Å². The Morgan fingerprint density at radius 1 is 1.19 bits per heavy atom. The van der Waals surface area contributed by atoms with Crippen molar-refractivity contribution >= 4 is 28.0 Å². The zero-order chi connectivity index (χ0) is 18.8. The maximum absolute atomic E-state index is 12.4. The number of fused-ring (bicyclic) bond motifs is 1. The molecule has 7 heteroatoms. The predicted octanol–water partition coefficient (Wildman–Crippen LogP) is 3.96. The highest BCUT2D eigenvalue weighted by Crippen LogP contribution is 2.25. The summed E-state index contributed by atoms with van der Waals surface area (Å²) in [7, 11) is 1.64. The van der Waals surface area contributed by atoms with Crippen molar-refractivity contribution in [2.24, 2.45) is 0 Å². The number of thiazole rings is 1. The first-order valence-corrected chi connectivity index (χ1v) is 9.34. The number of carbonyl (C=O) groups excluding carboxylic acids is 1. The van der Waals surface area contributed by atoms with Gasteiger partial charge in [0.2, 0.25) is 5.91 Å². The number of carbonyl (C=O) groups is 1. The van der Waals surface area contributed by atoms with Crippen LogP contribution < -0.4 is 10.1 Å². The van der Waals surface area contributed by atoms with Crippen LogP contribution in [0.2, 0.25) is 0 Å². The molecule has 0 radical (unpaired) electrons. The number of aryl methyl sites for hydroxylation is 1. The molecule has 136 valence electrons. The van der Waals surface area contributed by atoms with Crippen LogP contribution in [0.4, 0.5) is 5.82 Å². The van der Waals surface area contributed by atoms with Gasteiger partial charge in [0.25, 0.3) is 0 Å². The SMILES string of the molecule is COc1ccc(-c2cn3c(CC(=O)Nc4cccc(C)n4)csc3n2)cc1. The second-order valence-corrected chi connectivity index (χ2v) is 6.96. The Labute approximate surface area is 160 Å². The van der Waals surface area contributed by atoms with Crippen molar-refractivity contribution in [1.29, 1.82) is 0 Å². The van der Waals surface area contributed by atoms with Crippen molar-refractivity contribution in [3.63, 3.8) is 0 Å². The van der Waals surface area contributed by atoms with Crippen molar-refractivity contribution in [2.75, 3.05) is 12.4 Å². The highest BCUT2D eigenvalue weighted by Gasteiger charge is 2.13. The number of hydrogen-bond acceptors (Lipinski definition) is 5. The van der Waals surface area contributed by atoms with Gasteiger partial charge in [0.15, 0.2) is 4.96 Å². The number of aromatic nitrogens is 3. The van der Waals surface area contributed by atoms with E-state index in [0.717, 1.165) is 33.4 Å². The fraction of sp³-hybridized carbons (Fsp3) is 0.150. The van der Waals surface area contributed by atoms with Crippen LogP contribution in [-0.4, -0.2) is 27.4 Å². The normalized spacial score (nSPS) is 10.9. The van der Waals surface area contributed by atoms with E-state index in [9.17, 15) is 4.79 Å². The summed E-state index contributed by atoms with van der Waals surface area (Å²) in [5.74, 6) is 1.27. The second kappa shape index (κ2) is 7.20. The molecule has 0 saturated carbocycles. The molecule has 0 atom stereocenters. The van der Waals surface area contributed by atoms with Gasteiger partial charge in [-0.15, -0.1) is 11.3 Å². The van der Waals surface area contributed by atoms with Gasteiger partial charge < -0.3 is 10.1 Å². The molecular formula is C20H18N4O2S. The minimum atomic E-state index is -0.104. The second-order valence-electron chi connectivity index (χ2n) is 6.12. The molecule has 4 aromatic rings. The first-order chi connectivity index (χ1) is 13.1. The molecule has 0 saturated heterocycles.